The zero-order valence-corrected chi connectivity index (χ0v) is 21.4. The van der Waals surface area contributed by atoms with Crippen LogP contribution in [0.25, 0.3) is 0 Å². The zero-order chi connectivity index (χ0) is 24.9. The van der Waals surface area contributed by atoms with Crippen molar-refractivity contribution in [3.8, 4) is 0 Å². The van der Waals surface area contributed by atoms with E-state index in [9.17, 15) is 19.5 Å². The lowest BCUT2D eigenvalue weighted by Gasteiger charge is -2.60. The fourth-order valence-corrected chi connectivity index (χ4v) is 7.89. The van der Waals surface area contributed by atoms with Gasteiger partial charge in [-0.2, -0.15) is 0 Å². The van der Waals surface area contributed by atoms with Crippen LogP contribution in [-0.4, -0.2) is 47.4 Å². The summed E-state index contributed by atoms with van der Waals surface area (Å²) in [5.74, 6) is -0.201. The van der Waals surface area contributed by atoms with Gasteiger partial charge in [-0.05, 0) is 73.7 Å². The van der Waals surface area contributed by atoms with Crippen LogP contribution in [-0.2, 0) is 23.8 Å². The number of ketones is 1. The highest BCUT2D eigenvalue weighted by molar-refractivity contribution is 6.17. The highest BCUT2D eigenvalue weighted by Crippen LogP contribution is 2.68. The SMILES string of the molecule is CC(C)COC(=O)OC1(C(=O)OCCl)CC[C@H]2[C@@H]3CCC4=CC(=O)CC[C@]4(C)[C@@H]3C(O)C[C@@]21C. The normalized spacial score (nSPS) is 41.1. The number of aliphatic hydroxyl groups is 1. The summed E-state index contributed by atoms with van der Waals surface area (Å²) in [5.41, 5.74) is -1.48. The first-order valence-corrected chi connectivity index (χ1v) is 13.0. The van der Waals surface area contributed by atoms with E-state index in [1.807, 2.05) is 20.8 Å². The maximum atomic E-state index is 13.3. The van der Waals surface area contributed by atoms with Gasteiger partial charge in [-0.15, -0.1) is 0 Å². The number of carbonyl (C=O) groups is 3. The average molecular weight is 497 g/mol. The minimum absolute atomic E-state index is 0.00795. The summed E-state index contributed by atoms with van der Waals surface area (Å²) in [7, 11) is 0. The number of rotatable bonds is 5. The first-order chi connectivity index (χ1) is 16.0. The molecule has 8 heteroatoms. The van der Waals surface area contributed by atoms with Gasteiger partial charge < -0.3 is 19.3 Å². The van der Waals surface area contributed by atoms with Gasteiger partial charge in [0.05, 0.1) is 12.7 Å². The zero-order valence-electron chi connectivity index (χ0n) is 20.6. The van der Waals surface area contributed by atoms with Gasteiger partial charge in [0.25, 0.3) is 0 Å². The van der Waals surface area contributed by atoms with Crippen LogP contribution in [0.2, 0.25) is 0 Å². The van der Waals surface area contributed by atoms with E-state index in [0.717, 1.165) is 24.8 Å². The lowest BCUT2D eigenvalue weighted by Crippen LogP contribution is -2.63. The number of aliphatic hydroxyl groups excluding tert-OH is 1. The van der Waals surface area contributed by atoms with Crippen molar-refractivity contribution in [3.63, 3.8) is 0 Å². The van der Waals surface area contributed by atoms with E-state index in [1.165, 1.54) is 0 Å². The van der Waals surface area contributed by atoms with Gasteiger partial charge in [0.2, 0.25) is 5.60 Å². The quantitative estimate of drug-likeness (QED) is 0.432. The predicted molar refractivity (Wildman–Crippen MR) is 125 cm³/mol. The highest BCUT2D eigenvalue weighted by atomic mass is 35.5. The number of ether oxygens (including phenoxy) is 3. The highest BCUT2D eigenvalue weighted by Gasteiger charge is 2.71. The Bertz CT molecular complexity index is 884. The summed E-state index contributed by atoms with van der Waals surface area (Å²) in [6.45, 7) is 8.13. The maximum Gasteiger partial charge on any atom is 0.509 e. The Balaban J connectivity index is 1.68. The van der Waals surface area contributed by atoms with Crippen LogP contribution in [0.3, 0.4) is 0 Å². The molecule has 0 saturated heterocycles. The molecule has 0 radical (unpaired) electrons. The molecule has 4 rings (SSSR count). The fourth-order valence-electron chi connectivity index (χ4n) is 7.79. The Labute approximate surface area is 206 Å². The minimum Gasteiger partial charge on any atom is -0.446 e. The summed E-state index contributed by atoms with van der Waals surface area (Å²) in [6, 6.07) is -0.347. The first-order valence-electron chi connectivity index (χ1n) is 12.5. The molecule has 0 bridgehead atoms. The molecule has 1 N–H and O–H groups in total. The van der Waals surface area contributed by atoms with Crippen LogP contribution in [0.15, 0.2) is 11.6 Å². The van der Waals surface area contributed by atoms with Crippen molar-refractivity contribution in [2.24, 2.45) is 34.5 Å². The van der Waals surface area contributed by atoms with E-state index >= 15 is 0 Å². The van der Waals surface area contributed by atoms with Gasteiger partial charge in [0.1, 0.15) is 0 Å². The minimum atomic E-state index is -1.56. The third-order valence-electron chi connectivity index (χ3n) is 9.32. The number of alkyl halides is 1. The molecule has 4 aliphatic rings. The molecule has 4 aliphatic carbocycles. The second-order valence-corrected chi connectivity index (χ2v) is 11.8. The molecule has 7 nitrogen and oxygen atoms in total. The predicted octanol–water partition coefficient (Wildman–Crippen LogP) is 4.78. The van der Waals surface area contributed by atoms with Crippen molar-refractivity contribution in [2.75, 3.05) is 12.7 Å². The number of allylic oxidation sites excluding steroid dienone is 1. The summed E-state index contributed by atoms with van der Waals surface area (Å²) < 4.78 is 16.3. The van der Waals surface area contributed by atoms with E-state index in [-0.39, 0.29) is 47.5 Å². The van der Waals surface area contributed by atoms with Gasteiger partial charge in [-0.1, -0.05) is 44.9 Å². The molecule has 34 heavy (non-hydrogen) atoms. The smallest absolute Gasteiger partial charge is 0.446 e. The number of halogens is 1. The van der Waals surface area contributed by atoms with Crippen LogP contribution in [0.5, 0.6) is 0 Å². The lowest BCUT2D eigenvalue weighted by atomic mass is 9.45. The number of hydrogen-bond acceptors (Lipinski definition) is 7. The molecule has 0 aromatic carbocycles. The van der Waals surface area contributed by atoms with Crippen LogP contribution >= 0.6 is 11.6 Å². The summed E-state index contributed by atoms with van der Waals surface area (Å²) in [4.78, 5) is 38.1. The lowest BCUT2D eigenvalue weighted by molar-refractivity contribution is -0.202. The molecular weight excluding hydrogens is 460 g/mol. The Morgan fingerprint density at radius 3 is 2.59 bits per heavy atom. The van der Waals surface area contributed by atoms with Crippen LogP contribution < -0.4 is 0 Å². The molecule has 0 aromatic rings. The van der Waals surface area contributed by atoms with Gasteiger partial charge in [0.15, 0.2) is 11.8 Å². The van der Waals surface area contributed by atoms with E-state index in [2.05, 4.69) is 6.92 Å². The largest absolute Gasteiger partial charge is 0.509 e. The number of carbonyl (C=O) groups excluding carboxylic acids is 3. The Kier molecular flexibility index (Phi) is 6.84. The van der Waals surface area contributed by atoms with Gasteiger partial charge in [0, 0.05) is 11.8 Å². The Morgan fingerprint density at radius 2 is 1.91 bits per heavy atom. The van der Waals surface area contributed by atoms with Crippen molar-refractivity contribution in [1.29, 1.82) is 0 Å². The van der Waals surface area contributed by atoms with Crippen LogP contribution in [0.1, 0.15) is 72.6 Å². The number of fused-ring (bicyclic) bond motifs is 5. The van der Waals surface area contributed by atoms with E-state index in [4.69, 9.17) is 25.8 Å². The number of hydrogen-bond donors (Lipinski definition) is 1. The van der Waals surface area contributed by atoms with Crippen molar-refractivity contribution in [1.82, 2.24) is 0 Å². The molecule has 0 heterocycles. The van der Waals surface area contributed by atoms with Gasteiger partial charge in [-0.3, -0.25) is 4.79 Å². The Morgan fingerprint density at radius 1 is 1.18 bits per heavy atom. The maximum absolute atomic E-state index is 13.3. The topological polar surface area (TPSA) is 99.1 Å². The van der Waals surface area contributed by atoms with E-state index in [0.29, 0.717) is 25.7 Å². The van der Waals surface area contributed by atoms with Crippen molar-refractivity contribution in [3.05, 3.63) is 11.6 Å². The van der Waals surface area contributed by atoms with Crippen LogP contribution in [0.4, 0.5) is 4.79 Å². The van der Waals surface area contributed by atoms with E-state index in [1.54, 1.807) is 6.08 Å². The Hall–Kier alpha value is -1.60. The number of esters is 1. The van der Waals surface area contributed by atoms with Crippen molar-refractivity contribution >= 4 is 29.5 Å². The molecule has 3 saturated carbocycles. The molecule has 7 atom stereocenters. The molecule has 0 amide bonds. The van der Waals surface area contributed by atoms with E-state index < -0.39 is 29.2 Å². The fraction of sp³-hybridized carbons (Fsp3) is 0.808. The summed E-state index contributed by atoms with van der Waals surface area (Å²) in [6.07, 6.45) is 4.33. The molecule has 3 fully saturated rings. The van der Waals surface area contributed by atoms with Crippen LogP contribution in [0, 0.1) is 34.5 Å². The van der Waals surface area contributed by atoms with Crippen molar-refractivity contribution < 1.29 is 33.7 Å². The molecule has 0 aliphatic heterocycles. The molecule has 0 aromatic heterocycles. The van der Waals surface area contributed by atoms with Gasteiger partial charge in [-0.25, -0.2) is 9.59 Å². The third kappa shape index (κ3) is 3.87. The third-order valence-corrected chi connectivity index (χ3v) is 9.43. The molecule has 2 unspecified atom stereocenters. The van der Waals surface area contributed by atoms with Crippen molar-refractivity contribution in [2.45, 2.75) is 84.3 Å². The second-order valence-electron chi connectivity index (χ2n) is 11.5. The summed E-state index contributed by atoms with van der Waals surface area (Å²) in [5, 5.41) is 11.6. The summed E-state index contributed by atoms with van der Waals surface area (Å²) >= 11 is 5.74. The second kappa shape index (κ2) is 9.12. The standard InChI is InChI=1S/C26H37ClO7/c1-15(2)13-32-23(31)34-26(22(30)33-14-27)10-8-19-18-6-5-16-11-17(28)7-9-24(16,3)21(18)20(29)12-25(19,26)4/h11,15,18-21,29H,5-10,12-14H2,1-4H3/t18-,19-,20?,21-,24-,25-,26?/m0/s1. The molecule has 190 valence electrons. The molecular formula is C26H37ClO7. The first kappa shape index (κ1) is 25.5. The average Bonchev–Trinajstić information content (AvgIpc) is 3.05. The monoisotopic (exact) mass is 496 g/mol. The molecule has 0 spiro atoms. The van der Waals surface area contributed by atoms with Gasteiger partial charge >= 0.3 is 12.1 Å².